The smallest absolute Gasteiger partial charge is 0.138 e. The van der Waals surface area contributed by atoms with Crippen molar-refractivity contribution < 1.29 is 0 Å². The molecule has 2 N–H and O–H groups in total. The second-order valence-electron chi connectivity index (χ2n) is 2.01. The molecule has 0 amide bonds. The Balaban J connectivity index is 0.000000810. The number of tetrazole rings is 1. The molecule has 0 aromatic carbocycles. The Bertz CT molecular complexity index is 160. The van der Waals surface area contributed by atoms with Crippen LogP contribution in [-0.2, 0) is 6.54 Å². The maximum absolute atomic E-state index is 5.47. The molecule has 0 aliphatic rings. The van der Waals surface area contributed by atoms with E-state index < -0.39 is 0 Å². The van der Waals surface area contributed by atoms with Gasteiger partial charge in [-0.1, -0.05) is 0 Å². The highest BCUT2D eigenvalue weighted by Crippen LogP contribution is 1.80. The molecule has 0 saturated carbocycles. The van der Waals surface area contributed by atoms with Crippen molar-refractivity contribution in [2.45, 2.75) is 19.5 Å². The number of halogens is 1. The van der Waals surface area contributed by atoms with Crippen LogP contribution >= 0.6 is 12.4 Å². The van der Waals surface area contributed by atoms with Gasteiger partial charge < -0.3 is 5.73 Å². The van der Waals surface area contributed by atoms with Gasteiger partial charge >= 0.3 is 0 Å². The highest BCUT2D eigenvalue weighted by atomic mass is 35.5. The molecule has 6 heteroatoms. The van der Waals surface area contributed by atoms with Gasteiger partial charge in [0.25, 0.3) is 0 Å². The summed E-state index contributed by atoms with van der Waals surface area (Å²) in [5, 5.41) is 10.5. The summed E-state index contributed by atoms with van der Waals surface area (Å²) < 4.78 is 1.60. The maximum Gasteiger partial charge on any atom is 0.138 e. The van der Waals surface area contributed by atoms with Crippen molar-refractivity contribution >= 4 is 12.4 Å². The third-order valence-corrected chi connectivity index (χ3v) is 0.866. The van der Waals surface area contributed by atoms with Crippen molar-refractivity contribution in [3.05, 3.63) is 6.33 Å². The minimum absolute atomic E-state index is 0. The third kappa shape index (κ3) is 2.75. The standard InChI is InChI=1S/C4H9N5.ClH/c1-4(5)2-9-3-6-7-8-9;/h3-4H,2,5H2,1H3;1H/t4-;/m0./s1. The lowest BCUT2D eigenvalue weighted by Crippen LogP contribution is -2.22. The molecule has 1 aromatic rings. The van der Waals surface area contributed by atoms with Gasteiger partial charge in [0, 0.05) is 6.04 Å². The number of nitrogens with two attached hydrogens (primary N) is 1. The molecular formula is C4H10ClN5. The highest BCUT2D eigenvalue weighted by molar-refractivity contribution is 5.85. The molecule has 1 rings (SSSR count). The molecule has 0 radical (unpaired) electrons. The average Bonchev–Trinajstić information content (AvgIpc) is 2.15. The van der Waals surface area contributed by atoms with Gasteiger partial charge in [-0.15, -0.1) is 17.5 Å². The molecule has 0 spiro atoms. The Labute approximate surface area is 65.0 Å². The van der Waals surface area contributed by atoms with Gasteiger partial charge in [-0.3, -0.25) is 0 Å². The van der Waals surface area contributed by atoms with Gasteiger partial charge in [0.2, 0.25) is 0 Å². The predicted molar refractivity (Wildman–Crippen MR) is 38.7 cm³/mol. The van der Waals surface area contributed by atoms with E-state index in [2.05, 4.69) is 15.5 Å². The van der Waals surface area contributed by atoms with E-state index in [0.29, 0.717) is 6.54 Å². The van der Waals surface area contributed by atoms with Crippen molar-refractivity contribution in [1.82, 2.24) is 20.2 Å². The van der Waals surface area contributed by atoms with Gasteiger partial charge in [0.1, 0.15) is 6.33 Å². The first kappa shape index (κ1) is 9.32. The Morgan fingerprint density at radius 2 is 2.40 bits per heavy atom. The van der Waals surface area contributed by atoms with E-state index in [1.165, 1.54) is 0 Å². The molecule has 0 saturated heterocycles. The molecule has 0 aliphatic carbocycles. The minimum atomic E-state index is 0. The molecule has 0 aliphatic heterocycles. The molecule has 58 valence electrons. The number of hydrogen-bond acceptors (Lipinski definition) is 4. The number of aromatic nitrogens is 4. The van der Waals surface area contributed by atoms with Crippen LogP contribution in [-0.4, -0.2) is 26.2 Å². The van der Waals surface area contributed by atoms with Crippen molar-refractivity contribution in [2.75, 3.05) is 0 Å². The fraction of sp³-hybridized carbons (Fsp3) is 0.750. The van der Waals surface area contributed by atoms with E-state index in [9.17, 15) is 0 Å². The topological polar surface area (TPSA) is 69.6 Å². The molecule has 10 heavy (non-hydrogen) atoms. The van der Waals surface area contributed by atoms with Crippen molar-refractivity contribution in [3.63, 3.8) is 0 Å². The maximum atomic E-state index is 5.47. The van der Waals surface area contributed by atoms with Crippen LogP contribution in [0.15, 0.2) is 6.33 Å². The van der Waals surface area contributed by atoms with Gasteiger partial charge in [-0.05, 0) is 17.4 Å². The van der Waals surface area contributed by atoms with Crippen LogP contribution in [0, 0.1) is 0 Å². The van der Waals surface area contributed by atoms with Crippen molar-refractivity contribution in [3.8, 4) is 0 Å². The Kier molecular flexibility index (Phi) is 3.90. The van der Waals surface area contributed by atoms with Crippen LogP contribution in [0.25, 0.3) is 0 Å². The van der Waals surface area contributed by atoms with Gasteiger partial charge in [0.05, 0.1) is 6.54 Å². The van der Waals surface area contributed by atoms with Crippen LogP contribution in [0.2, 0.25) is 0 Å². The van der Waals surface area contributed by atoms with Crippen LogP contribution in [0.4, 0.5) is 0 Å². The molecule has 0 unspecified atom stereocenters. The van der Waals surface area contributed by atoms with Gasteiger partial charge in [0.15, 0.2) is 0 Å². The van der Waals surface area contributed by atoms with Crippen LogP contribution in [0.5, 0.6) is 0 Å². The Hall–Kier alpha value is -0.680. The first-order valence-corrected chi connectivity index (χ1v) is 2.75. The zero-order valence-corrected chi connectivity index (χ0v) is 6.45. The van der Waals surface area contributed by atoms with E-state index in [1.807, 2.05) is 6.92 Å². The molecule has 0 bridgehead atoms. The highest BCUT2D eigenvalue weighted by Gasteiger charge is 1.94. The summed E-state index contributed by atoms with van der Waals surface area (Å²) in [7, 11) is 0. The summed E-state index contributed by atoms with van der Waals surface area (Å²) in [6.45, 7) is 2.58. The molecule has 1 heterocycles. The number of rotatable bonds is 2. The summed E-state index contributed by atoms with van der Waals surface area (Å²) in [5.74, 6) is 0. The van der Waals surface area contributed by atoms with E-state index in [-0.39, 0.29) is 18.4 Å². The summed E-state index contributed by atoms with van der Waals surface area (Å²) in [6.07, 6.45) is 1.54. The first-order valence-electron chi connectivity index (χ1n) is 2.75. The van der Waals surface area contributed by atoms with Crippen molar-refractivity contribution in [2.24, 2.45) is 5.73 Å². The average molecular weight is 164 g/mol. The number of hydrogen-bond donors (Lipinski definition) is 1. The second-order valence-corrected chi connectivity index (χ2v) is 2.01. The zero-order chi connectivity index (χ0) is 6.69. The SMILES string of the molecule is C[C@H](N)Cn1cnnn1.Cl. The third-order valence-electron chi connectivity index (χ3n) is 0.866. The van der Waals surface area contributed by atoms with Crippen LogP contribution < -0.4 is 5.73 Å². The van der Waals surface area contributed by atoms with E-state index in [1.54, 1.807) is 11.0 Å². The van der Waals surface area contributed by atoms with Crippen molar-refractivity contribution in [1.29, 1.82) is 0 Å². The van der Waals surface area contributed by atoms with E-state index in [0.717, 1.165) is 0 Å². The second kappa shape index (κ2) is 4.19. The van der Waals surface area contributed by atoms with Gasteiger partial charge in [-0.2, -0.15) is 0 Å². The summed E-state index contributed by atoms with van der Waals surface area (Å²) in [6, 6.07) is 0.105. The van der Waals surface area contributed by atoms with Gasteiger partial charge in [-0.25, -0.2) is 4.68 Å². The summed E-state index contributed by atoms with van der Waals surface area (Å²) in [5.41, 5.74) is 5.47. The Morgan fingerprint density at radius 3 is 2.80 bits per heavy atom. The molecule has 5 nitrogen and oxygen atoms in total. The fourth-order valence-corrected chi connectivity index (χ4v) is 0.559. The zero-order valence-electron chi connectivity index (χ0n) is 5.64. The first-order chi connectivity index (χ1) is 4.29. The lowest BCUT2D eigenvalue weighted by atomic mass is 10.4. The summed E-state index contributed by atoms with van der Waals surface area (Å²) in [4.78, 5) is 0. The monoisotopic (exact) mass is 163 g/mol. The minimum Gasteiger partial charge on any atom is -0.326 e. The molecule has 0 fully saturated rings. The fourth-order valence-electron chi connectivity index (χ4n) is 0.559. The number of nitrogens with zero attached hydrogens (tertiary/aromatic N) is 4. The normalized spacial score (nSPS) is 12.2. The lowest BCUT2D eigenvalue weighted by Gasteiger charge is -2.00. The van der Waals surface area contributed by atoms with Crippen LogP contribution in [0.3, 0.4) is 0 Å². The molecule has 1 aromatic heterocycles. The molecular weight excluding hydrogens is 154 g/mol. The molecule has 1 atom stereocenters. The summed E-state index contributed by atoms with van der Waals surface area (Å²) >= 11 is 0. The predicted octanol–water partition coefficient (Wildman–Crippen LogP) is -0.558. The van der Waals surface area contributed by atoms with E-state index in [4.69, 9.17) is 5.73 Å². The van der Waals surface area contributed by atoms with Crippen LogP contribution in [0.1, 0.15) is 6.92 Å². The Morgan fingerprint density at radius 1 is 1.70 bits per heavy atom. The quantitative estimate of drug-likeness (QED) is 0.635. The lowest BCUT2D eigenvalue weighted by molar-refractivity contribution is 0.523. The largest absolute Gasteiger partial charge is 0.326 e. The van der Waals surface area contributed by atoms with E-state index >= 15 is 0 Å².